The summed E-state index contributed by atoms with van der Waals surface area (Å²) < 4.78 is 20.2. The van der Waals surface area contributed by atoms with E-state index in [0.29, 0.717) is 5.69 Å². The highest BCUT2D eigenvalue weighted by molar-refractivity contribution is 5.96. The number of benzene rings is 2. The van der Waals surface area contributed by atoms with Crippen molar-refractivity contribution in [2.45, 2.75) is 45.6 Å². The van der Waals surface area contributed by atoms with Crippen LogP contribution >= 0.6 is 0 Å². The van der Waals surface area contributed by atoms with Gasteiger partial charge in [-0.15, -0.1) is 0 Å². The number of Topliss-reactive ketones (excluding diaryl/α,β-unsaturated/α-hetero) is 1. The first-order valence-corrected chi connectivity index (χ1v) is 12.5. The van der Waals surface area contributed by atoms with Gasteiger partial charge in [-0.3, -0.25) is 9.59 Å². The van der Waals surface area contributed by atoms with Gasteiger partial charge in [-0.2, -0.15) is 5.10 Å². The van der Waals surface area contributed by atoms with E-state index in [2.05, 4.69) is 36.8 Å². The number of carbonyl (C=O) groups excluding carboxylic acids is 2. The summed E-state index contributed by atoms with van der Waals surface area (Å²) in [4.78, 5) is 23.6. The molecule has 4 aromatic rings. The molecule has 7 heteroatoms. The smallest absolute Gasteiger partial charge is 0.313 e. The molecule has 0 aliphatic rings. The van der Waals surface area contributed by atoms with Gasteiger partial charge in [0.15, 0.2) is 0 Å². The lowest BCUT2D eigenvalue weighted by Gasteiger charge is -2.19. The summed E-state index contributed by atoms with van der Waals surface area (Å²) in [5.41, 5.74) is 7.13. The molecule has 0 amide bonds. The van der Waals surface area contributed by atoms with Crippen LogP contribution in [0.25, 0.3) is 34.0 Å². The Balaban J connectivity index is 1.91. The number of aliphatic hydroxyl groups is 1. The zero-order chi connectivity index (χ0) is 27.4. The zero-order valence-electron chi connectivity index (χ0n) is 21.9. The molecule has 6 nitrogen and oxygen atoms in total. The fraction of sp³-hybridized carbons (Fsp3) is 0.258. The highest BCUT2D eigenvalue weighted by Crippen LogP contribution is 2.39. The quantitative estimate of drug-likeness (QED) is 0.215. The van der Waals surface area contributed by atoms with Crippen LogP contribution in [0.15, 0.2) is 66.7 Å². The number of aromatic nitrogens is 2. The number of nitrogens with zero attached hydrogens (tertiary/aromatic N) is 2. The van der Waals surface area contributed by atoms with Crippen molar-refractivity contribution in [3.8, 4) is 22.4 Å². The highest BCUT2D eigenvalue weighted by Gasteiger charge is 2.23. The van der Waals surface area contributed by atoms with E-state index in [1.54, 1.807) is 24.3 Å². The van der Waals surface area contributed by atoms with E-state index >= 15 is 0 Å². The lowest BCUT2D eigenvalue weighted by molar-refractivity contribution is -0.143. The summed E-state index contributed by atoms with van der Waals surface area (Å²) in [6.45, 7) is 6.18. The van der Waals surface area contributed by atoms with Crippen molar-refractivity contribution in [1.29, 1.82) is 0 Å². The van der Waals surface area contributed by atoms with Crippen LogP contribution in [0.2, 0.25) is 0 Å². The molecule has 0 aliphatic carbocycles. The Morgan fingerprint density at radius 2 is 1.76 bits per heavy atom. The topological polar surface area (TPSA) is 80.9 Å². The van der Waals surface area contributed by atoms with Crippen molar-refractivity contribution in [3.63, 3.8) is 0 Å². The number of halogens is 1. The number of carbonyl (C=O) groups is 2. The van der Waals surface area contributed by atoms with Crippen molar-refractivity contribution < 1.29 is 23.8 Å². The van der Waals surface area contributed by atoms with E-state index in [1.807, 2.05) is 29.6 Å². The van der Waals surface area contributed by atoms with Crippen LogP contribution in [0, 0.1) is 12.7 Å². The number of aliphatic hydroxyl groups excluding tert-OH is 1. The van der Waals surface area contributed by atoms with E-state index < -0.39 is 24.3 Å². The van der Waals surface area contributed by atoms with E-state index in [9.17, 15) is 19.1 Å². The van der Waals surface area contributed by atoms with Crippen LogP contribution < -0.4 is 0 Å². The Hall–Kier alpha value is -4.10. The fourth-order valence-corrected chi connectivity index (χ4v) is 4.65. The van der Waals surface area contributed by atoms with E-state index in [1.165, 1.54) is 19.2 Å². The summed E-state index contributed by atoms with van der Waals surface area (Å²) in [5.74, 6) is -1.34. The zero-order valence-corrected chi connectivity index (χ0v) is 21.9. The minimum absolute atomic E-state index is 0.0641. The van der Waals surface area contributed by atoms with Gasteiger partial charge in [0.05, 0.1) is 24.4 Å². The monoisotopic (exact) mass is 514 g/mol. The van der Waals surface area contributed by atoms with Crippen LogP contribution in [-0.4, -0.2) is 39.7 Å². The van der Waals surface area contributed by atoms with Crippen molar-refractivity contribution in [1.82, 2.24) is 9.61 Å². The molecular weight excluding hydrogens is 483 g/mol. The second-order valence-electron chi connectivity index (χ2n) is 9.59. The van der Waals surface area contributed by atoms with Gasteiger partial charge >= 0.3 is 5.97 Å². The maximum Gasteiger partial charge on any atom is 0.313 e. The number of ketones is 1. The van der Waals surface area contributed by atoms with Crippen molar-refractivity contribution in [2.24, 2.45) is 0 Å². The van der Waals surface area contributed by atoms with Crippen LogP contribution in [0.1, 0.15) is 49.4 Å². The molecule has 1 N–H and O–H groups in total. The number of hydrogen-bond acceptors (Lipinski definition) is 5. The second kappa shape index (κ2) is 11.5. The number of hydrogen-bond donors (Lipinski definition) is 1. The first-order chi connectivity index (χ1) is 18.2. The van der Waals surface area contributed by atoms with E-state index in [-0.39, 0.29) is 18.2 Å². The minimum Gasteiger partial charge on any atom is -0.469 e. The van der Waals surface area contributed by atoms with Gasteiger partial charge in [-0.25, -0.2) is 8.91 Å². The van der Waals surface area contributed by atoms with Gasteiger partial charge in [-0.05, 0) is 54.3 Å². The maximum absolute atomic E-state index is 13.8. The van der Waals surface area contributed by atoms with Gasteiger partial charge in [0.1, 0.15) is 18.0 Å². The Morgan fingerprint density at radius 3 is 2.39 bits per heavy atom. The summed E-state index contributed by atoms with van der Waals surface area (Å²) >= 11 is 0. The first-order valence-electron chi connectivity index (χ1n) is 12.5. The summed E-state index contributed by atoms with van der Waals surface area (Å²) in [5, 5.41) is 15.6. The minimum atomic E-state index is -1.11. The molecule has 0 spiro atoms. The number of methoxy groups -OCH3 is 1. The first kappa shape index (κ1) is 26.9. The van der Waals surface area contributed by atoms with Crippen molar-refractivity contribution in [2.75, 3.05) is 7.11 Å². The average Bonchev–Trinajstić information content (AvgIpc) is 3.23. The predicted molar refractivity (Wildman–Crippen MR) is 146 cm³/mol. The lowest BCUT2D eigenvalue weighted by Crippen LogP contribution is -2.15. The molecule has 2 heterocycles. The largest absolute Gasteiger partial charge is 0.469 e. The Bertz CT molecular complexity index is 1490. The Kier molecular flexibility index (Phi) is 8.17. The molecule has 0 bridgehead atoms. The van der Waals surface area contributed by atoms with Crippen molar-refractivity contribution >= 4 is 23.3 Å². The molecule has 0 saturated heterocycles. The second-order valence-corrected chi connectivity index (χ2v) is 9.59. The van der Waals surface area contributed by atoms with Crippen LogP contribution in [0.3, 0.4) is 0 Å². The number of ether oxygens (including phenoxy) is 1. The van der Waals surface area contributed by atoms with E-state index in [4.69, 9.17) is 5.10 Å². The van der Waals surface area contributed by atoms with Gasteiger partial charge in [0.2, 0.25) is 0 Å². The molecule has 2 aromatic carbocycles. The van der Waals surface area contributed by atoms with Gasteiger partial charge in [-0.1, -0.05) is 56.3 Å². The molecular formula is C31H31FN2O4. The molecule has 1 unspecified atom stereocenters. The predicted octanol–water partition coefficient (Wildman–Crippen LogP) is 6.14. The third kappa shape index (κ3) is 5.73. The van der Waals surface area contributed by atoms with Crippen LogP contribution in [0.5, 0.6) is 0 Å². The van der Waals surface area contributed by atoms with E-state index in [0.717, 1.165) is 39.0 Å². The molecule has 2 aromatic heterocycles. The summed E-state index contributed by atoms with van der Waals surface area (Å²) in [6, 6.07) is 18.3. The van der Waals surface area contributed by atoms with Crippen LogP contribution in [0.4, 0.5) is 4.39 Å². The number of esters is 1. The molecule has 0 radical (unpaired) electrons. The molecule has 0 fully saturated rings. The highest BCUT2D eigenvalue weighted by atomic mass is 19.1. The molecule has 196 valence electrons. The summed E-state index contributed by atoms with van der Waals surface area (Å²) in [6.07, 6.45) is 1.60. The molecule has 0 aliphatic heterocycles. The Morgan fingerprint density at radius 1 is 1.08 bits per heavy atom. The van der Waals surface area contributed by atoms with Crippen molar-refractivity contribution in [3.05, 3.63) is 89.4 Å². The molecule has 1 atom stereocenters. The SMILES string of the molecule is COC(=O)CC(=O)CC(O)C=Cc1c(-c2ccc(F)cc2)nn2c(C)cc(-c3ccccc3)c2c1C(C)C. The standard InChI is InChI=1S/C31H31FN2O4/c1-19(2)29-26(15-14-24(35)17-25(36)18-28(37)38-4)30(22-10-12-23(32)13-11-22)33-34-20(3)16-27(31(29)34)21-8-6-5-7-9-21/h5-16,19,24,35H,17-18H2,1-4H3. The van der Waals surface area contributed by atoms with Gasteiger partial charge < -0.3 is 9.84 Å². The Labute approximate surface area is 221 Å². The normalized spacial score (nSPS) is 12.4. The molecule has 38 heavy (non-hydrogen) atoms. The number of aryl methyl sites for hydroxylation is 1. The number of fused-ring (bicyclic) bond motifs is 1. The third-order valence-corrected chi connectivity index (χ3v) is 6.43. The summed E-state index contributed by atoms with van der Waals surface area (Å²) in [7, 11) is 1.21. The molecule has 0 saturated carbocycles. The lowest BCUT2D eigenvalue weighted by atomic mass is 9.90. The molecule has 4 rings (SSSR count). The maximum atomic E-state index is 13.8. The average molecular weight is 515 g/mol. The van der Waals surface area contributed by atoms with Gasteiger partial charge in [0.25, 0.3) is 0 Å². The fourth-order valence-electron chi connectivity index (χ4n) is 4.65. The third-order valence-electron chi connectivity index (χ3n) is 6.43. The van der Waals surface area contributed by atoms with Crippen LogP contribution in [-0.2, 0) is 14.3 Å². The number of rotatable bonds is 9. The van der Waals surface area contributed by atoms with Gasteiger partial charge in [0, 0.05) is 28.8 Å².